The Balaban J connectivity index is 1.59. The van der Waals surface area contributed by atoms with E-state index in [2.05, 4.69) is 10.0 Å². The first-order chi connectivity index (χ1) is 13.9. The molecule has 7 nitrogen and oxygen atoms in total. The highest BCUT2D eigenvalue weighted by atomic mass is 32.2. The Morgan fingerprint density at radius 2 is 1.83 bits per heavy atom. The van der Waals surface area contributed by atoms with E-state index >= 15 is 0 Å². The smallest absolute Gasteiger partial charge is 0.241 e. The highest BCUT2D eigenvalue weighted by molar-refractivity contribution is 7.89. The molecule has 1 heterocycles. The first-order valence-corrected chi connectivity index (χ1v) is 11.4. The summed E-state index contributed by atoms with van der Waals surface area (Å²) in [7, 11) is -3.92. The summed E-state index contributed by atoms with van der Waals surface area (Å²) in [5.41, 5.74) is 0. The van der Waals surface area contributed by atoms with E-state index in [9.17, 15) is 22.7 Å². The Kier molecular flexibility index (Phi) is 7.39. The van der Waals surface area contributed by atoms with Gasteiger partial charge in [-0.3, -0.25) is 4.79 Å². The minimum absolute atomic E-state index is 0.0852. The molecule has 160 valence electrons. The number of carbonyl (C=O) groups is 1. The van der Waals surface area contributed by atoms with Crippen LogP contribution in [0, 0.1) is 5.82 Å². The standard InChI is InChI=1S/C20H27FN2O5S/c21-14-6-9-17(10-7-14)29(26,27)23-18-11-8-16(28-19(18)13-24)12-20(25)22-15-4-2-1-3-5-15/h6-11,15-16,18-19,23-24H,1-5,12-13H2,(H,22,25)/t16-,18-,19+/m1/s1. The minimum Gasteiger partial charge on any atom is -0.394 e. The number of halogens is 1. The van der Waals surface area contributed by atoms with Gasteiger partial charge in [0.2, 0.25) is 15.9 Å². The summed E-state index contributed by atoms with van der Waals surface area (Å²) in [5.74, 6) is -0.652. The van der Waals surface area contributed by atoms with Gasteiger partial charge in [0.15, 0.2) is 0 Å². The van der Waals surface area contributed by atoms with Crippen LogP contribution in [0.2, 0.25) is 0 Å². The summed E-state index contributed by atoms with van der Waals surface area (Å²) in [6.07, 6.45) is 7.37. The molecule has 2 aliphatic rings. The van der Waals surface area contributed by atoms with Gasteiger partial charge in [0.05, 0.1) is 30.1 Å². The van der Waals surface area contributed by atoms with E-state index in [4.69, 9.17) is 4.74 Å². The van der Waals surface area contributed by atoms with Gasteiger partial charge in [-0.25, -0.2) is 17.5 Å². The zero-order valence-corrected chi connectivity index (χ0v) is 16.9. The summed E-state index contributed by atoms with van der Waals surface area (Å²) in [5, 5.41) is 12.7. The van der Waals surface area contributed by atoms with E-state index in [1.165, 1.54) is 6.42 Å². The van der Waals surface area contributed by atoms with Crippen molar-refractivity contribution in [1.29, 1.82) is 0 Å². The lowest BCUT2D eigenvalue weighted by molar-refractivity contribution is -0.126. The highest BCUT2D eigenvalue weighted by Gasteiger charge is 2.31. The number of hydrogen-bond acceptors (Lipinski definition) is 5. The molecule has 1 fully saturated rings. The number of hydrogen-bond donors (Lipinski definition) is 3. The molecule has 1 aliphatic carbocycles. The molecule has 0 unspecified atom stereocenters. The molecule has 0 spiro atoms. The van der Waals surface area contributed by atoms with E-state index in [0.29, 0.717) is 0 Å². The molecule has 1 aromatic carbocycles. The van der Waals surface area contributed by atoms with Crippen molar-refractivity contribution in [2.45, 2.75) is 67.7 Å². The Morgan fingerprint density at radius 3 is 2.48 bits per heavy atom. The summed E-state index contributed by atoms with van der Waals surface area (Å²) in [6, 6.07) is 3.85. The molecule has 3 rings (SSSR count). The topological polar surface area (TPSA) is 105 Å². The Hall–Kier alpha value is -1.81. The first-order valence-electron chi connectivity index (χ1n) is 9.89. The third-order valence-electron chi connectivity index (χ3n) is 5.24. The predicted octanol–water partition coefficient (Wildman–Crippen LogP) is 1.63. The van der Waals surface area contributed by atoms with E-state index in [0.717, 1.165) is 49.9 Å². The third-order valence-corrected chi connectivity index (χ3v) is 6.71. The number of ether oxygens (including phenoxy) is 1. The lowest BCUT2D eigenvalue weighted by Gasteiger charge is -2.32. The van der Waals surface area contributed by atoms with Gasteiger partial charge in [-0.2, -0.15) is 0 Å². The lowest BCUT2D eigenvalue weighted by atomic mass is 9.95. The number of sulfonamides is 1. The molecule has 1 saturated carbocycles. The van der Waals surface area contributed by atoms with Crippen LogP contribution in [0.4, 0.5) is 4.39 Å². The molecule has 0 aromatic heterocycles. The summed E-state index contributed by atoms with van der Waals surface area (Å²) >= 11 is 0. The van der Waals surface area contributed by atoms with Gasteiger partial charge in [0.25, 0.3) is 0 Å². The number of aliphatic hydroxyl groups excluding tert-OH is 1. The molecule has 1 aromatic rings. The Morgan fingerprint density at radius 1 is 1.14 bits per heavy atom. The van der Waals surface area contributed by atoms with Crippen LogP contribution in [0.15, 0.2) is 41.3 Å². The lowest BCUT2D eigenvalue weighted by Crippen LogP contribution is -2.49. The zero-order chi connectivity index (χ0) is 20.9. The van der Waals surface area contributed by atoms with Crippen molar-refractivity contribution in [2.24, 2.45) is 0 Å². The van der Waals surface area contributed by atoms with E-state index < -0.39 is 40.7 Å². The highest BCUT2D eigenvalue weighted by Crippen LogP contribution is 2.20. The molecular formula is C20H27FN2O5S. The maximum Gasteiger partial charge on any atom is 0.241 e. The SMILES string of the molecule is O=C(C[C@H]1C=C[C@@H](NS(=O)(=O)c2ccc(F)cc2)[C@H](CO)O1)NC1CCCCC1. The van der Waals surface area contributed by atoms with E-state index in [1.54, 1.807) is 12.2 Å². The van der Waals surface area contributed by atoms with Gasteiger partial charge < -0.3 is 15.2 Å². The van der Waals surface area contributed by atoms with Crippen LogP contribution in [0.1, 0.15) is 38.5 Å². The fourth-order valence-electron chi connectivity index (χ4n) is 3.69. The van der Waals surface area contributed by atoms with Gasteiger partial charge in [0.1, 0.15) is 11.9 Å². The van der Waals surface area contributed by atoms with Crippen molar-refractivity contribution in [1.82, 2.24) is 10.0 Å². The monoisotopic (exact) mass is 426 g/mol. The van der Waals surface area contributed by atoms with Crippen LogP contribution < -0.4 is 10.0 Å². The molecule has 9 heteroatoms. The largest absolute Gasteiger partial charge is 0.394 e. The van der Waals surface area contributed by atoms with Gasteiger partial charge >= 0.3 is 0 Å². The van der Waals surface area contributed by atoms with Crippen LogP contribution in [0.5, 0.6) is 0 Å². The van der Waals surface area contributed by atoms with E-state index in [1.807, 2.05) is 0 Å². The molecule has 1 aliphatic heterocycles. The number of aliphatic hydroxyl groups is 1. The Bertz CT molecular complexity index is 822. The second-order valence-electron chi connectivity index (χ2n) is 7.49. The van der Waals surface area contributed by atoms with Crippen molar-refractivity contribution in [3.8, 4) is 0 Å². The molecule has 3 atom stereocenters. The van der Waals surface area contributed by atoms with Gasteiger partial charge in [-0.15, -0.1) is 0 Å². The molecule has 0 radical (unpaired) electrons. The van der Waals surface area contributed by atoms with Crippen LogP contribution in [-0.4, -0.2) is 50.3 Å². The molecular weight excluding hydrogens is 399 g/mol. The van der Waals surface area contributed by atoms with Crippen LogP contribution >= 0.6 is 0 Å². The minimum atomic E-state index is -3.92. The van der Waals surface area contributed by atoms with Crippen molar-refractivity contribution >= 4 is 15.9 Å². The number of amides is 1. The van der Waals surface area contributed by atoms with Gasteiger partial charge in [-0.1, -0.05) is 31.4 Å². The molecule has 0 bridgehead atoms. The fraction of sp³-hybridized carbons (Fsp3) is 0.550. The van der Waals surface area contributed by atoms with E-state index in [-0.39, 0.29) is 23.3 Å². The van der Waals surface area contributed by atoms with Crippen LogP contribution in [0.3, 0.4) is 0 Å². The average Bonchev–Trinajstić information content (AvgIpc) is 2.70. The van der Waals surface area contributed by atoms with Crippen molar-refractivity contribution in [2.75, 3.05) is 6.61 Å². The number of rotatable bonds is 7. The zero-order valence-electron chi connectivity index (χ0n) is 16.1. The van der Waals surface area contributed by atoms with Gasteiger partial charge in [0, 0.05) is 6.04 Å². The third kappa shape index (κ3) is 6.08. The molecule has 3 N–H and O–H groups in total. The van der Waals surface area contributed by atoms with Crippen molar-refractivity contribution in [3.05, 3.63) is 42.2 Å². The molecule has 29 heavy (non-hydrogen) atoms. The first kappa shape index (κ1) is 21.9. The number of benzene rings is 1. The fourth-order valence-corrected chi connectivity index (χ4v) is 4.91. The predicted molar refractivity (Wildman–Crippen MR) is 105 cm³/mol. The molecule has 0 saturated heterocycles. The summed E-state index contributed by atoms with van der Waals surface area (Å²) < 4.78 is 46.2. The molecule has 1 amide bonds. The quantitative estimate of drug-likeness (QED) is 0.575. The van der Waals surface area contributed by atoms with Crippen molar-refractivity contribution < 1.29 is 27.4 Å². The Labute approximate surface area is 170 Å². The second-order valence-corrected chi connectivity index (χ2v) is 9.20. The summed E-state index contributed by atoms with van der Waals surface area (Å²) in [4.78, 5) is 12.2. The maximum absolute atomic E-state index is 13.0. The van der Waals surface area contributed by atoms with Crippen molar-refractivity contribution in [3.63, 3.8) is 0 Å². The van der Waals surface area contributed by atoms with Crippen LogP contribution in [0.25, 0.3) is 0 Å². The number of nitrogens with one attached hydrogen (secondary N) is 2. The van der Waals surface area contributed by atoms with Gasteiger partial charge in [-0.05, 0) is 37.1 Å². The summed E-state index contributed by atoms with van der Waals surface area (Å²) in [6.45, 7) is -0.415. The number of carbonyl (C=O) groups excluding carboxylic acids is 1. The van der Waals surface area contributed by atoms with Crippen LogP contribution in [-0.2, 0) is 19.6 Å². The maximum atomic E-state index is 13.0. The average molecular weight is 427 g/mol. The normalized spacial score (nSPS) is 25.7. The second kappa shape index (κ2) is 9.80.